The Morgan fingerprint density at radius 1 is 1.21 bits per heavy atom. The van der Waals surface area contributed by atoms with Gasteiger partial charge in [0, 0.05) is 0 Å². The van der Waals surface area contributed by atoms with Gasteiger partial charge in [-0.3, -0.25) is 0 Å². The van der Waals surface area contributed by atoms with Gasteiger partial charge in [-0.15, -0.1) is 0 Å². The van der Waals surface area contributed by atoms with Crippen molar-refractivity contribution in [1.29, 1.82) is 0 Å². The van der Waals surface area contributed by atoms with Gasteiger partial charge in [0.25, 0.3) is 0 Å². The van der Waals surface area contributed by atoms with Gasteiger partial charge in [0.2, 0.25) is 5.95 Å². The number of hydrogen-bond donors (Lipinski definition) is 1. The van der Waals surface area contributed by atoms with Crippen molar-refractivity contribution in [3.63, 3.8) is 0 Å². The molecular formula is C9H13BrN4. The van der Waals surface area contributed by atoms with Crippen molar-refractivity contribution in [2.45, 2.75) is 36.4 Å². The van der Waals surface area contributed by atoms with Gasteiger partial charge in [-0.25, -0.2) is 9.97 Å². The smallest absolute Gasteiger partial charge is 0.223 e. The molecule has 0 atom stereocenters. The quantitative estimate of drug-likeness (QED) is 0.781. The number of alkyl halides is 1. The first-order valence-corrected chi connectivity index (χ1v) is 5.64. The van der Waals surface area contributed by atoms with Gasteiger partial charge in [0.1, 0.15) is 6.33 Å². The number of aromatic nitrogens is 3. The van der Waals surface area contributed by atoms with Crippen molar-refractivity contribution in [2.75, 3.05) is 5.73 Å². The van der Waals surface area contributed by atoms with Crippen LogP contribution in [0, 0.1) is 0 Å². The van der Waals surface area contributed by atoms with Crippen molar-refractivity contribution in [3.8, 4) is 0 Å². The molecule has 0 aromatic carbocycles. The van der Waals surface area contributed by atoms with Gasteiger partial charge in [0.05, 0.1) is 4.32 Å². The van der Waals surface area contributed by atoms with Crippen molar-refractivity contribution < 1.29 is 0 Å². The molecule has 0 bridgehead atoms. The fourth-order valence-corrected chi connectivity index (χ4v) is 2.61. The molecule has 2 rings (SSSR count). The first-order chi connectivity index (χ1) is 6.71. The predicted octanol–water partition coefficient (Wildman–Crippen LogP) is 2.01. The van der Waals surface area contributed by atoms with Crippen LogP contribution < -0.4 is 5.73 Å². The highest BCUT2D eigenvalue weighted by atomic mass is 79.9. The van der Waals surface area contributed by atoms with E-state index in [2.05, 4.69) is 30.9 Å². The molecule has 2 N–H and O–H groups in total. The van der Waals surface area contributed by atoms with E-state index in [9.17, 15) is 0 Å². The molecule has 1 saturated carbocycles. The van der Waals surface area contributed by atoms with Crippen LogP contribution >= 0.6 is 15.9 Å². The van der Waals surface area contributed by atoms with Gasteiger partial charge in [0.15, 0.2) is 5.82 Å². The van der Waals surface area contributed by atoms with E-state index in [0.29, 0.717) is 5.95 Å². The summed E-state index contributed by atoms with van der Waals surface area (Å²) in [7, 11) is 0. The van der Waals surface area contributed by atoms with E-state index in [-0.39, 0.29) is 4.32 Å². The standard InChI is InChI=1S/C9H13BrN4/c10-9(4-2-1-3-5-9)7-12-6-13-8(11)14-7/h6H,1-5H2,(H2,11,12,13,14). The summed E-state index contributed by atoms with van der Waals surface area (Å²) in [4.78, 5) is 12.2. The molecule has 0 spiro atoms. The van der Waals surface area contributed by atoms with Crippen molar-refractivity contribution in [2.24, 2.45) is 0 Å². The largest absolute Gasteiger partial charge is 0.368 e. The van der Waals surface area contributed by atoms with Crippen LogP contribution in [-0.2, 0) is 4.32 Å². The number of nitrogens with zero attached hydrogens (tertiary/aromatic N) is 3. The second kappa shape index (κ2) is 3.81. The van der Waals surface area contributed by atoms with E-state index < -0.39 is 0 Å². The van der Waals surface area contributed by atoms with Crippen LogP contribution in [0.4, 0.5) is 5.95 Å². The lowest BCUT2D eigenvalue weighted by molar-refractivity contribution is 0.399. The molecule has 14 heavy (non-hydrogen) atoms. The molecule has 5 heteroatoms. The van der Waals surface area contributed by atoms with Crippen molar-refractivity contribution >= 4 is 21.9 Å². The van der Waals surface area contributed by atoms with Crippen LogP contribution in [-0.4, -0.2) is 15.0 Å². The van der Waals surface area contributed by atoms with Gasteiger partial charge in [-0.2, -0.15) is 4.98 Å². The van der Waals surface area contributed by atoms with Gasteiger partial charge >= 0.3 is 0 Å². The Balaban J connectivity index is 2.28. The molecule has 1 aromatic heterocycles. The number of halogens is 1. The molecule has 76 valence electrons. The number of hydrogen-bond acceptors (Lipinski definition) is 4. The van der Waals surface area contributed by atoms with Crippen LogP contribution in [0.15, 0.2) is 6.33 Å². The van der Waals surface area contributed by atoms with Crippen LogP contribution in [0.1, 0.15) is 37.9 Å². The lowest BCUT2D eigenvalue weighted by Crippen LogP contribution is -2.25. The third kappa shape index (κ3) is 1.87. The van der Waals surface area contributed by atoms with Gasteiger partial charge in [-0.05, 0) is 12.8 Å². The number of anilines is 1. The SMILES string of the molecule is Nc1ncnc(C2(Br)CCCCC2)n1. The molecular weight excluding hydrogens is 244 g/mol. The Kier molecular flexibility index (Phi) is 2.67. The summed E-state index contributed by atoms with van der Waals surface area (Å²) in [6, 6.07) is 0. The molecule has 1 aliphatic rings. The molecule has 1 aromatic rings. The number of nitrogens with two attached hydrogens (primary N) is 1. The topological polar surface area (TPSA) is 64.7 Å². The Bertz CT molecular complexity index is 322. The van der Waals surface area contributed by atoms with Crippen molar-refractivity contribution in [1.82, 2.24) is 15.0 Å². The zero-order valence-electron chi connectivity index (χ0n) is 7.91. The van der Waals surface area contributed by atoms with Gasteiger partial charge < -0.3 is 5.73 Å². The molecule has 0 radical (unpaired) electrons. The van der Waals surface area contributed by atoms with Crippen LogP contribution in [0.2, 0.25) is 0 Å². The Morgan fingerprint density at radius 3 is 2.57 bits per heavy atom. The summed E-state index contributed by atoms with van der Waals surface area (Å²) >= 11 is 3.73. The minimum absolute atomic E-state index is 0.0672. The summed E-state index contributed by atoms with van der Waals surface area (Å²) in [5.74, 6) is 1.09. The molecule has 0 amide bonds. The first-order valence-electron chi connectivity index (χ1n) is 4.85. The Hall–Kier alpha value is -0.710. The van der Waals surface area contributed by atoms with Crippen LogP contribution in [0.3, 0.4) is 0 Å². The fourth-order valence-electron chi connectivity index (χ4n) is 1.86. The monoisotopic (exact) mass is 256 g/mol. The summed E-state index contributed by atoms with van der Waals surface area (Å²) in [6.07, 6.45) is 7.38. The maximum atomic E-state index is 5.54. The highest BCUT2D eigenvalue weighted by molar-refractivity contribution is 9.09. The van der Waals surface area contributed by atoms with E-state index >= 15 is 0 Å². The molecule has 1 heterocycles. The summed E-state index contributed by atoms with van der Waals surface area (Å²) in [5, 5.41) is 0. The lowest BCUT2D eigenvalue weighted by atomic mass is 9.88. The summed E-state index contributed by atoms with van der Waals surface area (Å²) < 4.78 is -0.0672. The zero-order chi connectivity index (χ0) is 10.0. The van der Waals surface area contributed by atoms with Crippen LogP contribution in [0.25, 0.3) is 0 Å². The Morgan fingerprint density at radius 2 is 1.93 bits per heavy atom. The van der Waals surface area contributed by atoms with E-state index in [1.165, 1.54) is 25.6 Å². The molecule has 4 nitrogen and oxygen atoms in total. The van der Waals surface area contributed by atoms with Crippen LogP contribution in [0.5, 0.6) is 0 Å². The average molecular weight is 257 g/mol. The highest BCUT2D eigenvalue weighted by Crippen LogP contribution is 2.42. The molecule has 1 aliphatic carbocycles. The van der Waals surface area contributed by atoms with E-state index in [1.54, 1.807) is 0 Å². The maximum absolute atomic E-state index is 5.54. The zero-order valence-corrected chi connectivity index (χ0v) is 9.50. The second-order valence-electron chi connectivity index (χ2n) is 3.69. The molecule has 0 saturated heterocycles. The third-order valence-electron chi connectivity index (χ3n) is 2.64. The molecule has 0 aliphatic heterocycles. The molecule has 0 unspecified atom stereocenters. The van der Waals surface area contributed by atoms with E-state index in [0.717, 1.165) is 18.7 Å². The van der Waals surface area contributed by atoms with E-state index in [1.807, 2.05) is 0 Å². The van der Waals surface area contributed by atoms with E-state index in [4.69, 9.17) is 5.73 Å². The fraction of sp³-hybridized carbons (Fsp3) is 0.667. The third-order valence-corrected chi connectivity index (χ3v) is 3.78. The summed E-state index contributed by atoms with van der Waals surface area (Å²) in [5.41, 5.74) is 5.54. The minimum atomic E-state index is -0.0672. The number of rotatable bonds is 1. The second-order valence-corrected chi connectivity index (χ2v) is 5.21. The van der Waals surface area contributed by atoms with Gasteiger partial charge in [-0.1, -0.05) is 35.2 Å². The normalized spacial score (nSPS) is 20.6. The minimum Gasteiger partial charge on any atom is -0.368 e. The molecule has 1 fully saturated rings. The highest BCUT2D eigenvalue weighted by Gasteiger charge is 2.33. The predicted molar refractivity (Wildman–Crippen MR) is 57.9 cm³/mol. The van der Waals surface area contributed by atoms with Crippen molar-refractivity contribution in [3.05, 3.63) is 12.2 Å². The Labute approximate surface area is 91.5 Å². The number of nitrogen functional groups attached to an aromatic ring is 1. The summed E-state index contributed by atoms with van der Waals surface area (Å²) in [6.45, 7) is 0. The first kappa shape index (κ1) is 9.83. The maximum Gasteiger partial charge on any atom is 0.223 e. The lowest BCUT2D eigenvalue weighted by Gasteiger charge is -2.29. The average Bonchev–Trinajstić information content (AvgIpc) is 2.19.